The molecule has 2 heterocycles. The molecule has 8 nitrogen and oxygen atoms in total. The average molecular weight is 388 g/mol. The van der Waals surface area contributed by atoms with Crippen molar-refractivity contribution in [2.75, 3.05) is 30.9 Å². The summed E-state index contributed by atoms with van der Waals surface area (Å²) in [5.41, 5.74) is -0.652. The fraction of sp³-hybridized carbons (Fsp3) is 0.765. The van der Waals surface area contributed by atoms with Crippen LogP contribution in [0.1, 0.15) is 46.3 Å². The van der Waals surface area contributed by atoms with E-state index in [1.165, 1.54) is 19.9 Å². The van der Waals surface area contributed by atoms with Gasteiger partial charge in [-0.05, 0) is 32.6 Å². The molecule has 1 aliphatic rings. The minimum Gasteiger partial charge on any atom is -0.395 e. The quantitative estimate of drug-likeness (QED) is 0.726. The van der Waals surface area contributed by atoms with Crippen molar-refractivity contribution in [1.29, 1.82) is 0 Å². The van der Waals surface area contributed by atoms with Crippen molar-refractivity contribution >= 4 is 21.6 Å². The topological polar surface area (TPSA) is 119 Å². The van der Waals surface area contributed by atoms with Crippen molar-refractivity contribution < 1.29 is 27.6 Å². The second-order valence-corrected chi connectivity index (χ2v) is 10.5. The van der Waals surface area contributed by atoms with Crippen LogP contribution in [0.5, 0.6) is 0 Å². The third kappa shape index (κ3) is 4.44. The van der Waals surface area contributed by atoms with Gasteiger partial charge in [0.1, 0.15) is 10.5 Å². The molecular weight excluding hydrogens is 360 g/mol. The van der Waals surface area contributed by atoms with Crippen LogP contribution in [0.15, 0.2) is 10.6 Å². The number of aliphatic hydroxyl groups excluding tert-OH is 1. The predicted molar refractivity (Wildman–Crippen MR) is 96.7 cm³/mol. The Kier molecular flexibility index (Phi) is 6.14. The highest BCUT2D eigenvalue weighted by molar-refractivity contribution is 7.93. The summed E-state index contributed by atoms with van der Waals surface area (Å²) in [6.07, 6.45) is 1.36. The first kappa shape index (κ1) is 20.9. The Bertz CT molecular complexity index is 732. The van der Waals surface area contributed by atoms with Gasteiger partial charge in [-0.15, -0.1) is 0 Å². The van der Waals surface area contributed by atoms with Crippen LogP contribution >= 0.6 is 0 Å². The number of anilines is 1. The van der Waals surface area contributed by atoms with E-state index in [2.05, 4.69) is 10.5 Å². The van der Waals surface area contributed by atoms with E-state index in [-0.39, 0.29) is 24.1 Å². The summed E-state index contributed by atoms with van der Waals surface area (Å²) in [6, 6.07) is 1.50. The Labute approximate surface area is 154 Å². The number of amides is 1. The second-order valence-electron chi connectivity index (χ2n) is 7.92. The number of sulfone groups is 1. The molecule has 0 unspecified atom stereocenters. The molecule has 0 bridgehead atoms. The normalized spacial score (nSPS) is 17.3. The number of hydrogen-bond donors (Lipinski definition) is 2. The van der Waals surface area contributed by atoms with Crippen LogP contribution in [0.25, 0.3) is 0 Å². The van der Waals surface area contributed by atoms with Gasteiger partial charge in [0.25, 0.3) is 0 Å². The largest absolute Gasteiger partial charge is 0.395 e. The highest BCUT2D eigenvalue weighted by Crippen LogP contribution is 2.28. The molecule has 148 valence electrons. The molecule has 0 spiro atoms. The van der Waals surface area contributed by atoms with Crippen LogP contribution in [0, 0.1) is 5.92 Å². The second kappa shape index (κ2) is 7.66. The first-order valence-corrected chi connectivity index (χ1v) is 10.3. The lowest BCUT2D eigenvalue weighted by Gasteiger charge is -2.28. The number of carbonyl (C=O) groups is 1. The molecule has 2 N–H and O–H groups in total. The molecule has 9 heteroatoms. The van der Waals surface area contributed by atoms with Gasteiger partial charge in [-0.2, -0.15) is 0 Å². The van der Waals surface area contributed by atoms with E-state index in [1.54, 1.807) is 13.8 Å². The first-order valence-electron chi connectivity index (χ1n) is 8.69. The molecular formula is C17H28N2O6S. The van der Waals surface area contributed by atoms with Crippen molar-refractivity contribution in [3.63, 3.8) is 0 Å². The van der Waals surface area contributed by atoms with Gasteiger partial charge in [-0.3, -0.25) is 4.79 Å². The Morgan fingerprint density at radius 1 is 1.31 bits per heavy atom. The highest BCUT2D eigenvalue weighted by atomic mass is 32.2. The maximum absolute atomic E-state index is 12.8. The third-order valence-electron chi connectivity index (χ3n) is 4.93. The van der Waals surface area contributed by atoms with Crippen molar-refractivity contribution in [3.8, 4) is 0 Å². The Hall–Kier alpha value is -1.45. The number of aromatic nitrogens is 1. The molecule has 0 aromatic carbocycles. The zero-order chi connectivity index (χ0) is 19.6. The number of aliphatic hydroxyl groups is 1. The van der Waals surface area contributed by atoms with Crippen molar-refractivity contribution in [2.45, 2.75) is 50.7 Å². The van der Waals surface area contributed by atoms with Gasteiger partial charge >= 0.3 is 0 Å². The van der Waals surface area contributed by atoms with E-state index in [0.717, 1.165) is 0 Å². The monoisotopic (exact) mass is 388 g/mol. The Balaban J connectivity index is 2.09. The summed E-state index contributed by atoms with van der Waals surface area (Å²) >= 11 is 0. The minimum atomic E-state index is -3.67. The molecule has 1 aliphatic heterocycles. The van der Waals surface area contributed by atoms with Crippen molar-refractivity contribution in [3.05, 3.63) is 11.8 Å². The number of carbonyl (C=O) groups excluding carboxylic acids is 1. The van der Waals surface area contributed by atoms with E-state index in [0.29, 0.717) is 31.8 Å². The van der Waals surface area contributed by atoms with Gasteiger partial charge in [0.05, 0.1) is 12.4 Å². The molecule has 1 saturated heterocycles. The number of rotatable bonds is 7. The summed E-state index contributed by atoms with van der Waals surface area (Å²) in [7, 11) is -3.67. The molecule has 2 rings (SSSR count). The SMILES string of the molecule is CC(C)(CO)c1cc(NC(=O)C(C)(C)S(=O)(=O)CC2CCOCC2)no1. The predicted octanol–water partition coefficient (Wildman–Crippen LogP) is 1.50. The zero-order valence-corrected chi connectivity index (χ0v) is 16.6. The average Bonchev–Trinajstić information content (AvgIpc) is 3.04. The smallest absolute Gasteiger partial charge is 0.246 e. The van der Waals surface area contributed by atoms with Crippen LogP contribution in [-0.4, -0.2) is 54.9 Å². The van der Waals surface area contributed by atoms with Crippen LogP contribution in [0.2, 0.25) is 0 Å². The molecule has 1 aromatic rings. The third-order valence-corrected chi connectivity index (χ3v) is 7.59. The lowest BCUT2D eigenvalue weighted by Crippen LogP contribution is -2.47. The fourth-order valence-electron chi connectivity index (χ4n) is 2.57. The highest BCUT2D eigenvalue weighted by Gasteiger charge is 2.43. The van der Waals surface area contributed by atoms with Crippen molar-refractivity contribution in [1.82, 2.24) is 5.16 Å². The standard InChI is InChI=1S/C17H28N2O6S/c1-16(2,11-20)13-9-14(19-25-13)18-15(21)17(3,4)26(22,23)10-12-5-7-24-8-6-12/h9,12,20H,5-8,10-11H2,1-4H3,(H,18,19,21). The van der Waals surface area contributed by atoms with Gasteiger partial charge in [0.15, 0.2) is 15.7 Å². The van der Waals surface area contributed by atoms with Gasteiger partial charge in [0, 0.05) is 24.7 Å². The first-order chi connectivity index (χ1) is 12.0. The number of hydrogen-bond acceptors (Lipinski definition) is 7. The zero-order valence-electron chi connectivity index (χ0n) is 15.7. The van der Waals surface area contributed by atoms with Crippen molar-refractivity contribution in [2.24, 2.45) is 5.92 Å². The van der Waals surface area contributed by atoms with Crippen LogP contribution < -0.4 is 5.32 Å². The van der Waals surface area contributed by atoms with E-state index in [4.69, 9.17) is 9.26 Å². The van der Waals surface area contributed by atoms with Gasteiger partial charge in [0.2, 0.25) is 5.91 Å². The minimum absolute atomic E-state index is 0.00447. The maximum Gasteiger partial charge on any atom is 0.246 e. The lowest BCUT2D eigenvalue weighted by atomic mass is 9.92. The van der Waals surface area contributed by atoms with Crippen LogP contribution in [0.4, 0.5) is 5.82 Å². The summed E-state index contributed by atoms with van der Waals surface area (Å²) in [5, 5.41) is 15.6. The van der Waals surface area contributed by atoms with E-state index >= 15 is 0 Å². The Morgan fingerprint density at radius 3 is 2.50 bits per heavy atom. The van der Waals surface area contributed by atoms with Gasteiger partial charge in [-0.25, -0.2) is 8.42 Å². The van der Waals surface area contributed by atoms with Crippen LogP contribution in [0.3, 0.4) is 0 Å². The molecule has 1 amide bonds. The Morgan fingerprint density at radius 2 is 1.92 bits per heavy atom. The molecule has 1 fully saturated rings. The summed E-state index contributed by atoms with van der Waals surface area (Å²) < 4.78 is 34.4. The van der Waals surface area contributed by atoms with E-state index in [9.17, 15) is 18.3 Å². The summed E-state index contributed by atoms with van der Waals surface area (Å²) in [5.74, 6) is -0.173. The fourth-order valence-corrected chi connectivity index (χ4v) is 4.27. The molecule has 0 saturated carbocycles. The lowest BCUT2D eigenvalue weighted by molar-refractivity contribution is -0.117. The molecule has 1 aromatic heterocycles. The molecule has 26 heavy (non-hydrogen) atoms. The van der Waals surface area contributed by atoms with Gasteiger partial charge < -0.3 is 19.7 Å². The molecule has 0 aliphatic carbocycles. The number of ether oxygens (including phenoxy) is 1. The number of nitrogens with one attached hydrogen (secondary N) is 1. The van der Waals surface area contributed by atoms with Crippen LogP contribution in [-0.2, 0) is 24.8 Å². The summed E-state index contributed by atoms with van der Waals surface area (Å²) in [6.45, 7) is 7.28. The van der Waals surface area contributed by atoms with E-state index < -0.39 is 25.9 Å². The van der Waals surface area contributed by atoms with Gasteiger partial charge in [-0.1, -0.05) is 19.0 Å². The molecule has 0 atom stereocenters. The molecule has 0 radical (unpaired) electrons. The maximum atomic E-state index is 12.8. The number of nitrogens with zero attached hydrogens (tertiary/aromatic N) is 1. The van der Waals surface area contributed by atoms with E-state index in [1.807, 2.05) is 0 Å². The summed E-state index contributed by atoms with van der Waals surface area (Å²) in [4.78, 5) is 12.6.